The molecule has 0 aliphatic carbocycles. The monoisotopic (exact) mass is 464 g/mol. The van der Waals surface area contributed by atoms with Gasteiger partial charge in [-0.1, -0.05) is 36.4 Å². The number of fused-ring (bicyclic) bond motifs is 1. The number of hydrogen-bond donors (Lipinski definition) is 1. The third-order valence-electron chi connectivity index (χ3n) is 5.11. The summed E-state index contributed by atoms with van der Waals surface area (Å²) in [7, 11) is -3.30. The van der Waals surface area contributed by atoms with Gasteiger partial charge in [0.15, 0.2) is 0 Å². The lowest BCUT2D eigenvalue weighted by atomic mass is 9.94. The first kappa shape index (κ1) is 25.3. The summed E-state index contributed by atoms with van der Waals surface area (Å²) in [5.41, 5.74) is 0.832. The van der Waals surface area contributed by atoms with Gasteiger partial charge in [-0.15, -0.1) is 6.58 Å². The van der Waals surface area contributed by atoms with E-state index in [0.29, 0.717) is 25.6 Å². The van der Waals surface area contributed by atoms with E-state index in [4.69, 9.17) is 14.6 Å². The minimum absolute atomic E-state index is 0.000821. The smallest absolute Gasteiger partial charge is 0.475 e. The second-order valence-corrected chi connectivity index (χ2v) is 9.38. The molecule has 7 nitrogen and oxygen atoms in total. The van der Waals surface area contributed by atoms with Crippen LogP contribution in [0.4, 0.5) is 13.2 Å². The summed E-state index contributed by atoms with van der Waals surface area (Å²) in [6.45, 7) is 8.23. The lowest BCUT2D eigenvalue weighted by molar-refractivity contribution is -0.192. The average Bonchev–Trinajstić information content (AvgIpc) is 2.89. The Morgan fingerprint density at radius 3 is 2.45 bits per heavy atom. The van der Waals surface area contributed by atoms with Gasteiger partial charge in [-0.05, 0) is 12.0 Å². The molecule has 0 radical (unpaired) electrons. The van der Waals surface area contributed by atoms with Gasteiger partial charge in [0.05, 0.1) is 18.5 Å². The third-order valence-corrected chi connectivity index (χ3v) is 6.92. The summed E-state index contributed by atoms with van der Waals surface area (Å²) >= 11 is 0. The maximum Gasteiger partial charge on any atom is 0.490 e. The highest BCUT2D eigenvalue weighted by molar-refractivity contribution is 7.88. The Morgan fingerprint density at radius 2 is 1.87 bits per heavy atom. The number of ether oxygens (including phenoxy) is 1. The van der Waals surface area contributed by atoms with E-state index in [-0.39, 0.29) is 11.9 Å². The number of carbonyl (C=O) groups is 1. The number of sulfonamides is 1. The zero-order valence-corrected chi connectivity index (χ0v) is 17.8. The number of hydrogen-bond acceptors (Lipinski definition) is 5. The number of carboxylic acids is 1. The highest BCUT2D eigenvalue weighted by atomic mass is 32.2. The van der Waals surface area contributed by atoms with Crippen molar-refractivity contribution in [3.05, 3.63) is 48.6 Å². The molecule has 0 amide bonds. The van der Waals surface area contributed by atoms with Gasteiger partial charge in [-0.25, -0.2) is 13.2 Å². The molecule has 0 unspecified atom stereocenters. The molecule has 0 aromatic heterocycles. The zero-order chi connectivity index (χ0) is 23.1. The van der Waals surface area contributed by atoms with E-state index in [1.807, 2.05) is 36.4 Å². The molecule has 11 heteroatoms. The molecule has 31 heavy (non-hydrogen) atoms. The standard InChI is InChI=1S/C18H26N2O3S.C2HF3O2/c1-2-9-19-11-12-23-18-14-20(10-8-17(18)13-19)24(21,22)15-16-6-4-3-5-7-16;3-2(4,5)1(6)7/h2-7,17-18H,1,8-15H2;(H,6,7)/t17-,18-;/m1./s1. The largest absolute Gasteiger partial charge is 0.490 e. The van der Waals surface area contributed by atoms with E-state index in [1.54, 1.807) is 4.31 Å². The first-order valence-electron chi connectivity index (χ1n) is 9.79. The Bertz CT molecular complexity index is 833. The van der Waals surface area contributed by atoms with Crippen LogP contribution < -0.4 is 0 Å². The molecule has 3 rings (SSSR count). The van der Waals surface area contributed by atoms with Gasteiger partial charge in [-0.3, -0.25) is 4.90 Å². The Labute approximate surface area is 180 Å². The van der Waals surface area contributed by atoms with Crippen LogP contribution in [0, 0.1) is 5.92 Å². The molecule has 2 heterocycles. The summed E-state index contributed by atoms with van der Waals surface area (Å²) in [5, 5.41) is 7.12. The van der Waals surface area contributed by atoms with E-state index in [1.165, 1.54) is 0 Å². The second-order valence-electron chi connectivity index (χ2n) is 7.41. The Hall–Kier alpha value is -1.95. The Kier molecular flexibility index (Phi) is 9.04. The van der Waals surface area contributed by atoms with Crippen LogP contribution in [0.2, 0.25) is 0 Å². The van der Waals surface area contributed by atoms with Crippen LogP contribution in [0.25, 0.3) is 0 Å². The minimum Gasteiger partial charge on any atom is -0.475 e. The van der Waals surface area contributed by atoms with E-state index in [0.717, 1.165) is 31.6 Å². The van der Waals surface area contributed by atoms with Gasteiger partial charge in [0.25, 0.3) is 0 Å². The third kappa shape index (κ3) is 7.91. The maximum atomic E-state index is 12.7. The second kappa shape index (κ2) is 11.1. The van der Waals surface area contributed by atoms with Gasteiger partial charge in [-0.2, -0.15) is 17.5 Å². The topological polar surface area (TPSA) is 87.2 Å². The van der Waals surface area contributed by atoms with Crippen LogP contribution in [0.3, 0.4) is 0 Å². The van der Waals surface area contributed by atoms with Crippen LogP contribution in [0.15, 0.2) is 43.0 Å². The summed E-state index contributed by atoms with van der Waals surface area (Å²) in [5.74, 6) is -2.29. The molecule has 1 N–H and O–H groups in total. The maximum absolute atomic E-state index is 12.7. The summed E-state index contributed by atoms with van der Waals surface area (Å²) in [6.07, 6.45) is -2.31. The quantitative estimate of drug-likeness (QED) is 0.674. The van der Waals surface area contributed by atoms with Crippen LogP contribution in [0.5, 0.6) is 0 Å². The van der Waals surface area contributed by atoms with Crippen LogP contribution in [-0.2, 0) is 25.3 Å². The average molecular weight is 465 g/mol. The molecule has 1 aromatic carbocycles. The normalized spacial score (nSPS) is 23.1. The van der Waals surface area contributed by atoms with Crippen molar-refractivity contribution >= 4 is 16.0 Å². The van der Waals surface area contributed by atoms with Gasteiger partial charge in [0.2, 0.25) is 10.0 Å². The number of nitrogens with zero attached hydrogens (tertiary/aromatic N) is 2. The summed E-state index contributed by atoms with van der Waals surface area (Å²) in [4.78, 5) is 11.2. The van der Waals surface area contributed by atoms with Crippen LogP contribution in [0.1, 0.15) is 12.0 Å². The van der Waals surface area contributed by atoms with E-state index < -0.39 is 22.2 Å². The van der Waals surface area contributed by atoms with Crippen molar-refractivity contribution < 1.29 is 36.2 Å². The van der Waals surface area contributed by atoms with Crippen molar-refractivity contribution in [2.24, 2.45) is 5.92 Å². The number of carboxylic acid groups (broad SMARTS) is 1. The lowest BCUT2D eigenvalue weighted by Crippen LogP contribution is -2.49. The van der Waals surface area contributed by atoms with E-state index in [9.17, 15) is 21.6 Å². The van der Waals surface area contributed by atoms with Crippen LogP contribution in [-0.4, -0.2) is 80.3 Å². The fraction of sp³-hybridized carbons (Fsp3) is 0.550. The van der Waals surface area contributed by atoms with Crippen molar-refractivity contribution in [3.63, 3.8) is 0 Å². The molecular formula is C20H27F3N2O5S. The number of halogens is 3. The van der Waals surface area contributed by atoms with Crippen molar-refractivity contribution in [2.45, 2.75) is 24.5 Å². The van der Waals surface area contributed by atoms with Crippen LogP contribution >= 0.6 is 0 Å². The molecule has 174 valence electrons. The fourth-order valence-electron chi connectivity index (χ4n) is 3.57. The van der Waals surface area contributed by atoms with Crippen molar-refractivity contribution in [1.82, 2.24) is 9.21 Å². The highest BCUT2D eigenvalue weighted by Crippen LogP contribution is 2.26. The molecule has 2 fully saturated rings. The zero-order valence-electron chi connectivity index (χ0n) is 17.0. The van der Waals surface area contributed by atoms with Gasteiger partial charge in [0.1, 0.15) is 0 Å². The number of rotatable bonds is 5. The number of piperidine rings is 1. The number of benzene rings is 1. The highest BCUT2D eigenvalue weighted by Gasteiger charge is 2.38. The van der Waals surface area contributed by atoms with E-state index >= 15 is 0 Å². The predicted octanol–water partition coefficient (Wildman–Crippen LogP) is 2.36. The molecule has 0 bridgehead atoms. The van der Waals surface area contributed by atoms with Crippen molar-refractivity contribution in [3.8, 4) is 0 Å². The van der Waals surface area contributed by atoms with Gasteiger partial charge in [0, 0.05) is 38.6 Å². The molecule has 2 aliphatic heterocycles. The summed E-state index contributed by atoms with van der Waals surface area (Å²) in [6, 6.07) is 9.37. The number of aliphatic carboxylic acids is 1. The van der Waals surface area contributed by atoms with Crippen molar-refractivity contribution in [1.29, 1.82) is 0 Å². The van der Waals surface area contributed by atoms with E-state index in [2.05, 4.69) is 11.5 Å². The molecule has 1 aromatic rings. The molecule has 0 saturated carbocycles. The van der Waals surface area contributed by atoms with Gasteiger partial charge < -0.3 is 9.84 Å². The predicted molar refractivity (Wildman–Crippen MR) is 109 cm³/mol. The first-order valence-corrected chi connectivity index (χ1v) is 11.4. The SMILES string of the molecule is C=CCN1CCO[C@@H]2CN(S(=O)(=O)Cc3ccccc3)CC[C@@H]2C1.O=C(O)C(F)(F)F. The van der Waals surface area contributed by atoms with Crippen molar-refractivity contribution in [2.75, 3.05) is 39.3 Å². The molecule has 2 saturated heterocycles. The summed E-state index contributed by atoms with van der Waals surface area (Å²) < 4.78 is 64.8. The molecule has 0 spiro atoms. The molecular weight excluding hydrogens is 437 g/mol. The Morgan fingerprint density at radius 1 is 1.23 bits per heavy atom. The lowest BCUT2D eigenvalue weighted by Gasteiger charge is -2.37. The van der Waals surface area contributed by atoms with Gasteiger partial charge >= 0.3 is 12.1 Å². The first-order chi connectivity index (χ1) is 14.5. The fourth-order valence-corrected chi connectivity index (χ4v) is 5.12. The Balaban J connectivity index is 0.000000423. The number of alkyl halides is 3. The molecule has 2 aliphatic rings. The minimum atomic E-state index is -5.08. The molecule has 2 atom stereocenters.